The molecule has 2 aromatic rings. The number of hydrogen-bond acceptors (Lipinski definition) is 5. The van der Waals surface area contributed by atoms with E-state index in [1.165, 1.54) is 36.9 Å². The van der Waals surface area contributed by atoms with Crippen molar-refractivity contribution >= 4 is 22.6 Å². The van der Waals surface area contributed by atoms with E-state index >= 15 is 0 Å². The molecule has 4 rings (SSSR count). The van der Waals surface area contributed by atoms with Gasteiger partial charge < -0.3 is 14.8 Å². The topological polar surface area (TPSA) is 56.3 Å². The normalized spacial score (nSPS) is 23.4. The Labute approximate surface area is 187 Å². The third-order valence-corrected chi connectivity index (χ3v) is 7.31. The van der Waals surface area contributed by atoms with E-state index in [4.69, 9.17) is 14.5 Å². The van der Waals surface area contributed by atoms with E-state index in [9.17, 15) is 0 Å². The minimum atomic E-state index is 0.0752. The molecule has 6 heteroatoms. The molecule has 1 spiro atoms. The average molecular weight is 507 g/mol. The molecule has 5 nitrogen and oxygen atoms in total. The Bertz CT molecular complexity index is 811. The van der Waals surface area contributed by atoms with E-state index in [0.29, 0.717) is 5.88 Å². The summed E-state index contributed by atoms with van der Waals surface area (Å²) in [6, 6.07) is 8.48. The minimum absolute atomic E-state index is 0.0752. The van der Waals surface area contributed by atoms with Gasteiger partial charge in [0.25, 0.3) is 0 Å². The van der Waals surface area contributed by atoms with Gasteiger partial charge in [-0.3, -0.25) is 4.98 Å². The molecule has 29 heavy (non-hydrogen) atoms. The van der Waals surface area contributed by atoms with Crippen molar-refractivity contribution in [3.05, 3.63) is 51.5 Å². The molecule has 2 aromatic heterocycles. The standard InChI is InChI=1S/C23H30IN3O2/c1-28-21-19(24)14-18(16-27-21)15-25-12-9-22(20-6-2-5-11-26-20)10-13-29-23(17-22)7-3-4-8-23/h2,5-6,11,14,16,25H,3-4,7-10,12-13,15,17H2,1H3. The highest BCUT2D eigenvalue weighted by Gasteiger charge is 2.48. The van der Waals surface area contributed by atoms with Crippen LogP contribution in [0.5, 0.6) is 5.88 Å². The van der Waals surface area contributed by atoms with Gasteiger partial charge in [-0.15, -0.1) is 0 Å². The first kappa shape index (κ1) is 21.0. The fourth-order valence-electron chi connectivity index (χ4n) is 5.07. The van der Waals surface area contributed by atoms with Gasteiger partial charge in [0, 0.05) is 36.7 Å². The molecule has 2 aliphatic rings. The summed E-state index contributed by atoms with van der Waals surface area (Å²) in [6.45, 7) is 2.61. The van der Waals surface area contributed by atoms with Crippen LogP contribution < -0.4 is 10.1 Å². The fourth-order valence-corrected chi connectivity index (χ4v) is 5.83. The van der Waals surface area contributed by atoms with Crippen molar-refractivity contribution in [1.82, 2.24) is 15.3 Å². The molecule has 1 atom stereocenters. The summed E-state index contributed by atoms with van der Waals surface area (Å²) in [4.78, 5) is 9.17. The van der Waals surface area contributed by atoms with Crippen molar-refractivity contribution in [2.45, 2.75) is 62.5 Å². The summed E-state index contributed by atoms with van der Waals surface area (Å²) in [5.74, 6) is 0.688. The van der Waals surface area contributed by atoms with E-state index in [0.717, 1.165) is 42.5 Å². The van der Waals surface area contributed by atoms with Crippen molar-refractivity contribution in [3.8, 4) is 5.88 Å². The van der Waals surface area contributed by atoms with E-state index in [2.05, 4.69) is 51.1 Å². The molecule has 1 saturated carbocycles. The predicted molar refractivity (Wildman–Crippen MR) is 122 cm³/mol. The number of rotatable bonds is 7. The van der Waals surface area contributed by atoms with Gasteiger partial charge in [-0.05, 0) is 85.0 Å². The Balaban J connectivity index is 1.43. The zero-order valence-electron chi connectivity index (χ0n) is 17.1. The zero-order valence-corrected chi connectivity index (χ0v) is 19.3. The third-order valence-electron chi connectivity index (χ3n) is 6.54. The lowest BCUT2D eigenvalue weighted by Crippen LogP contribution is -2.47. The first-order valence-electron chi connectivity index (χ1n) is 10.6. The third kappa shape index (κ3) is 4.75. The van der Waals surface area contributed by atoms with Crippen molar-refractivity contribution < 1.29 is 9.47 Å². The molecule has 156 valence electrons. The smallest absolute Gasteiger partial charge is 0.226 e. The first-order chi connectivity index (χ1) is 14.1. The van der Waals surface area contributed by atoms with E-state index in [1.807, 2.05) is 18.5 Å². The fraction of sp³-hybridized carbons (Fsp3) is 0.565. The number of halogens is 1. The van der Waals surface area contributed by atoms with Gasteiger partial charge in [-0.2, -0.15) is 0 Å². The number of pyridine rings is 2. The highest BCUT2D eigenvalue weighted by Crippen LogP contribution is 2.49. The van der Waals surface area contributed by atoms with Crippen LogP contribution in [0.15, 0.2) is 36.7 Å². The molecular formula is C23H30IN3O2. The SMILES string of the molecule is COc1ncc(CNCCC2(c3ccccn3)CCOC3(CCCC3)C2)cc1I. The quantitative estimate of drug-likeness (QED) is 0.438. The number of methoxy groups -OCH3 is 1. The maximum Gasteiger partial charge on any atom is 0.226 e. The van der Waals surface area contributed by atoms with Gasteiger partial charge >= 0.3 is 0 Å². The van der Waals surface area contributed by atoms with Gasteiger partial charge in [-0.1, -0.05) is 18.9 Å². The Kier molecular flexibility index (Phi) is 6.71. The summed E-state index contributed by atoms with van der Waals surface area (Å²) in [6.07, 6.45) is 12.0. The van der Waals surface area contributed by atoms with Crippen LogP contribution >= 0.6 is 22.6 Å². The van der Waals surface area contributed by atoms with E-state index < -0.39 is 0 Å². The second kappa shape index (κ2) is 9.27. The monoisotopic (exact) mass is 507 g/mol. The largest absolute Gasteiger partial charge is 0.480 e. The minimum Gasteiger partial charge on any atom is -0.480 e. The van der Waals surface area contributed by atoms with Gasteiger partial charge in [0.05, 0.1) is 16.3 Å². The Morgan fingerprint density at radius 2 is 2.07 bits per heavy atom. The van der Waals surface area contributed by atoms with Crippen LogP contribution in [0, 0.1) is 3.57 Å². The Hall–Kier alpha value is -1.25. The second-order valence-electron chi connectivity index (χ2n) is 8.42. The molecule has 1 saturated heterocycles. The van der Waals surface area contributed by atoms with Crippen LogP contribution in [0.1, 0.15) is 56.2 Å². The lowest BCUT2D eigenvalue weighted by Gasteiger charge is -2.46. The predicted octanol–water partition coefficient (Wildman–Crippen LogP) is 4.63. The molecule has 0 amide bonds. The van der Waals surface area contributed by atoms with Crippen LogP contribution in [0.2, 0.25) is 0 Å². The van der Waals surface area contributed by atoms with Crippen LogP contribution in [-0.4, -0.2) is 35.8 Å². The number of ether oxygens (including phenoxy) is 2. The highest BCUT2D eigenvalue weighted by molar-refractivity contribution is 14.1. The molecule has 0 radical (unpaired) electrons. The van der Waals surface area contributed by atoms with Crippen molar-refractivity contribution in [2.75, 3.05) is 20.3 Å². The summed E-state index contributed by atoms with van der Waals surface area (Å²) in [5.41, 5.74) is 2.59. The summed E-state index contributed by atoms with van der Waals surface area (Å²) >= 11 is 2.27. The number of hydrogen-bond donors (Lipinski definition) is 1. The van der Waals surface area contributed by atoms with Gasteiger partial charge in [0.15, 0.2) is 0 Å². The van der Waals surface area contributed by atoms with E-state index in [1.54, 1.807) is 7.11 Å². The van der Waals surface area contributed by atoms with Crippen molar-refractivity contribution in [2.24, 2.45) is 0 Å². The molecule has 1 unspecified atom stereocenters. The average Bonchev–Trinajstić information content (AvgIpc) is 3.19. The van der Waals surface area contributed by atoms with Crippen molar-refractivity contribution in [3.63, 3.8) is 0 Å². The summed E-state index contributed by atoms with van der Waals surface area (Å²) in [5, 5.41) is 3.63. The van der Waals surface area contributed by atoms with Crippen LogP contribution in [0.25, 0.3) is 0 Å². The molecule has 1 N–H and O–H groups in total. The van der Waals surface area contributed by atoms with Crippen LogP contribution in [-0.2, 0) is 16.7 Å². The van der Waals surface area contributed by atoms with Crippen LogP contribution in [0.4, 0.5) is 0 Å². The van der Waals surface area contributed by atoms with Crippen LogP contribution in [0.3, 0.4) is 0 Å². The highest BCUT2D eigenvalue weighted by atomic mass is 127. The number of nitrogens with one attached hydrogen (secondary N) is 1. The molecule has 0 bridgehead atoms. The lowest BCUT2D eigenvalue weighted by atomic mass is 9.68. The Morgan fingerprint density at radius 3 is 2.79 bits per heavy atom. The van der Waals surface area contributed by atoms with Crippen molar-refractivity contribution in [1.29, 1.82) is 0 Å². The second-order valence-corrected chi connectivity index (χ2v) is 9.58. The van der Waals surface area contributed by atoms with E-state index in [-0.39, 0.29) is 11.0 Å². The Morgan fingerprint density at radius 1 is 1.21 bits per heavy atom. The molecule has 1 aliphatic heterocycles. The molecule has 1 aliphatic carbocycles. The van der Waals surface area contributed by atoms with Gasteiger partial charge in [0.2, 0.25) is 5.88 Å². The first-order valence-corrected chi connectivity index (χ1v) is 11.7. The molecule has 3 heterocycles. The molecule has 0 aromatic carbocycles. The molecular weight excluding hydrogens is 477 g/mol. The lowest BCUT2D eigenvalue weighted by molar-refractivity contribution is -0.104. The maximum absolute atomic E-state index is 6.34. The van der Waals surface area contributed by atoms with Gasteiger partial charge in [0.1, 0.15) is 0 Å². The summed E-state index contributed by atoms with van der Waals surface area (Å²) < 4.78 is 12.6. The zero-order chi connectivity index (χ0) is 20.2. The number of aromatic nitrogens is 2. The maximum atomic E-state index is 6.34. The molecule has 2 fully saturated rings. The summed E-state index contributed by atoms with van der Waals surface area (Å²) in [7, 11) is 1.66. The number of nitrogens with zero attached hydrogens (tertiary/aromatic N) is 2. The van der Waals surface area contributed by atoms with Gasteiger partial charge in [-0.25, -0.2) is 4.98 Å².